The van der Waals surface area contributed by atoms with E-state index in [9.17, 15) is 4.79 Å². The lowest BCUT2D eigenvalue weighted by Crippen LogP contribution is -2.16. The van der Waals surface area contributed by atoms with Crippen molar-refractivity contribution in [2.24, 2.45) is 0 Å². The van der Waals surface area contributed by atoms with Crippen molar-refractivity contribution >= 4 is 27.1 Å². The molecule has 4 aromatic rings. The fraction of sp³-hybridized carbons (Fsp3) is 0.0588. The maximum Gasteiger partial charge on any atom is 0.258 e. The highest BCUT2D eigenvalue weighted by Crippen LogP contribution is 2.31. The summed E-state index contributed by atoms with van der Waals surface area (Å²) in [4.78, 5) is 18.0. The number of hydrogen-bond acceptors (Lipinski definition) is 3. The van der Waals surface area contributed by atoms with E-state index in [1.807, 2.05) is 37.3 Å². The molecule has 0 fully saturated rings. The van der Waals surface area contributed by atoms with E-state index >= 15 is 0 Å². The van der Waals surface area contributed by atoms with Gasteiger partial charge in [-0.05, 0) is 36.6 Å². The van der Waals surface area contributed by atoms with E-state index in [2.05, 4.69) is 23.2 Å². The van der Waals surface area contributed by atoms with Crippen molar-refractivity contribution in [3.63, 3.8) is 0 Å². The third-order valence-corrected chi connectivity index (χ3v) is 4.70. The van der Waals surface area contributed by atoms with Crippen molar-refractivity contribution in [3.05, 3.63) is 70.6 Å². The van der Waals surface area contributed by atoms with E-state index in [-0.39, 0.29) is 5.56 Å². The summed E-state index contributed by atoms with van der Waals surface area (Å²) in [5, 5.41) is 1.18. The summed E-state index contributed by atoms with van der Waals surface area (Å²) in [6.45, 7) is 1.91. The molecule has 0 saturated heterocycles. The zero-order valence-corrected chi connectivity index (χ0v) is 12.2. The number of aryl methyl sites for hydroxylation is 1. The van der Waals surface area contributed by atoms with E-state index in [0.717, 1.165) is 16.3 Å². The number of nitrogens with zero attached hydrogens (tertiary/aromatic N) is 2. The molecular formula is C17H12N2OS. The maximum absolute atomic E-state index is 12.3. The van der Waals surface area contributed by atoms with Crippen molar-refractivity contribution in [2.75, 3.05) is 0 Å². The first-order valence-electron chi connectivity index (χ1n) is 6.71. The molecule has 0 radical (unpaired) electrons. The Morgan fingerprint density at radius 3 is 2.76 bits per heavy atom. The Labute approximate surface area is 125 Å². The summed E-state index contributed by atoms with van der Waals surface area (Å²) in [6, 6.07) is 17.6. The highest BCUT2D eigenvalue weighted by molar-refractivity contribution is 7.22. The number of aromatic nitrogens is 2. The van der Waals surface area contributed by atoms with Crippen LogP contribution in [0.25, 0.3) is 26.3 Å². The van der Waals surface area contributed by atoms with Gasteiger partial charge in [-0.25, -0.2) is 4.98 Å². The van der Waals surface area contributed by atoms with Gasteiger partial charge in [-0.2, -0.15) is 0 Å². The van der Waals surface area contributed by atoms with Crippen LogP contribution in [0.3, 0.4) is 0 Å². The highest BCUT2D eigenvalue weighted by Gasteiger charge is 2.09. The van der Waals surface area contributed by atoms with Crippen LogP contribution in [0.4, 0.5) is 0 Å². The topological polar surface area (TPSA) is 34.4 Å². The fourth-order valence-corrected chi connectivity index (χ4v) is 3.57. The molecule has 0 aliphatic rings. The minimum Gasteiger partial charge on any atom is -0.269 e. The van der Waals surface area contributed by atoms with Crippen LogP contribution in [0.1, 0.15) is 5.69 Å². The van der Waals surface area contributed by atoms with E-state index in [4.69, 9.17) is 0 Å². The van der Waals surface area contributed by atoms with E-state index in [1.54, 1.807) is 21.8 Å². The molecule has 4 rings (SSSR count). The Hall–Kier alpha value is -2.46. The highest BCUT2D eigenvalue weighted by atomic mass is 32.1. The van der Waals surface area contributed by atoms with E-state index in [0.29, 0.717) is 5.65 Å². The van der Waals surface area contributed by atoms with Crippen molar-refractivity contribution in [3.8, 4) is 10.6 Å². The van der Waals surface area contributed by atoms with Crippen LogP contribution in [0.5, 0.6) is 0 Å². The second-order valence-electron chi connectivity index (χ2n) is 4.99. The fourth-order valence-electron chi connectivity index (χ4n) is 2.55. The number of benzene rings is 1. The Kier molecular flexibility index (Phi) is 2.65. The van der Waals surface area contributed by atoms with Crippen LogP contribution in [-0.2, 0) is 0 Å². The van der Waals surface area contributed by atoms with Crippen LogP contribution >= 0.6 is 11.3 Å². The lowest BCUT2D eigenvalue weighted by Gasteiger charge is -2.05. The maximum atomic E-state index is 12.3. The molecule has 0 aliphatic carbocycles. The number of rotatable bonds is 1. The summed E-state index contributed by atoms with van der Waals surface area (Å²) in [7, 11) is 0. The zero-order valence-electron chi connectivity index (χ0n) is 11.4. The molecule has 0 aliphatic heterocycles. The first-order valence-corrected chi connectivity index (χ1v) is 7.52. The first-order chi connectivity index (χ1) is 10.2. The molecule has 0 bridgehead atoms. The number of hydrogen-bond donors (Lipinski definition) is 0. The lowest BCUT2D eigenvalue weighted by atomic mass is 10.2. The van der Waals surface area contributed by atoms with Gasteiger partial charge in [0.05, 0.1) is 10.6 Å². The van der Waals surface area contributed by atoms with Gasteiger partial charge in [0.2, 0.25) is 0 Å². The van der Waals surface area contributed by atoms with Gasteiger partial charge >= 0.3 is 0 Å². The summed E-state index contributed by atoms with van der Waals surface area (Å²) < 4.78 is 2.84. The van der Waals surface area contributed by atoms with Gasteiger partial charge in [-0.15, -0.1) is 11.3 Å². The molecule has 0 atom stereocenters. The molecular weight excluding hydrogens is 280 g/mol. The molecule has 4 heteroatoms. The smallest absolute Gasteiger partial charge is 0.258 e. The molecule has 3 aromatic heterocycles. The third-order valence-electron chi connectivity index (χ3n) is 3.56. The standard InChI is InChI=1S/C17H12N2OS/c1-11-5-4-8-16-18-13(10-17(20)19(11)16)15-9-12-6-2-3-7-14(12)21-15/h2-10H,1H3. The SMILES string of the molecule is Cc1cccc2nc(-c3cc4ccccc4s3)cc(=O)n12. The average molecular weight is 292 g/mol. The van der Waals surface area contributed by atoms with Crippen LogP contribution in [0.2, 0.25) is 0 Å². The predicted molar refractivity (Wildman–Crippen MR) is 87.0 cm³/mol. The van der Waals surface area contributed by atoms with Crippen molar-refractivity contribution in [2.45, 2.75) is 6.92 Å². The second kappa shape index (κ2) is 4.53. The molecule has 102 valence electrons. The molecule has 0 unspecified atom stereocenters. The number of fused-ring (bicyclic) bond motifs is 2. The minimum absolute atomic E-state index is 0.0365. The van der Waals surface area contributed by atoms with Crippen molar-refractivity contribution in [1.82, 2.24) is 9.38 Å². The number of thiophene rings is 1. The van der Waals surface area contributed by atoms with Crippen LogP contribution in [0, 0.1) is 6.92 Å². The summed E-state index contributed by atoms with van der Waals surface area (Å²) in [5.41, 5.74) is 2.29. The molecule has 3 heterocycles. The third kappa shape index (κ3) is 1.96. The molecule has 0 saturated carbocycles. The normalized spacial score (nSPS) is 11.3. The molecule has 1 aromatic carbocycles. The summed E-state index contributed by atoms with van der Waals surface area (Å²) >= 11 is 1.66. The van der Waals surface area contributed by atoms with Gasteiger partial charge < -0.3 is 0 Å². The molecule has 21 heavy (non-hydrogen) atoms. The lowest BCUT2D eigenvalue weighted by molar-refractivity contribution is 0.994. The van der Waals surface area contributed by atoms with Gasteiger partial charge in [0.25, 0.3) is 5.56 Å². The Balaban J connectivity index is 2.00. The van der Waals surface area contributed by atoms with E-state index in [1.165, 1.54) is 10.1 Å². The molecule has 0 spiro atoms. The monoisotopic (exact) mass is 292 g/mol. The predicted octanol–water partition coefficient (Wildman–Crippen LogP) is 3.88. The van der Waals surface area contributed by atoms with Gasteiger partial charge in [0.15, 0.2) is 0 Å². The van der Waals surface area contributed by atoms with Crippen molar-refractivity contribution < 1.29 is 0 Å². The molecule has 3 nitrogen and oxygen atoms in total. The number of pyridine rings is 1. The largest absolute Gasteiger partial charge is 0.269 e. The van der Waals surface area contributed by atoms with Gasteiger partial charge in [-0.3, -0.25) is 9.20 Å². The summed E-state index contributed by atoms with van der Waals surface area (Å²) in [5.74, 6) is 0. The average Bonchev–Trinajstić information content (AvgIpc) is 2.91. The van der Waals surface area contributed by atoms with Crippen LogP contribution in [-0.4, -0.2) is 9.38 Å². The Morgan fingerprint density at radius 2 is 1.90 bits per heavy atom. The Bertz CT molecular complexity index is 997. The first kappa shape index (κ1) is 12.3. The van der Waals surface area contributed by atoms with Crippen LogP contribution in [0.15, 0.2) is 59.4 Å². The zero-order chi connectivity index (χ0) is 14.4. The van der Waals surface area contributed by atoms with Gasteiger partial charge in [-0.1, -0.05) is 24.3 Å². The van der Waals surface area contributed by atoms with Crippen molar-refractivity contribution in [1.29, 1.82) is 0 Å². The summed E-state index contributed by atoms with van der Waals surface area (Å²) in [6.07, 6.45) is 0. The minimum atomic E-state index is -0.0365. The van der Waals surface area contributed by atoms with Gasteiger partial charge in [0, 0.05) is 16.5 Å². The Morgan fingerprint density at radius 1 is 1.05 bits per heavy atom. The van der Waals surface area contributed by atoms with Crippen LogP contribution < -0.4 is 5.56 Å². The molecule has 0 amide bonds. The quantitative estimate of drug-likeness (QED) is 0.533. The van der Waals surface area contributed by atoms with E-state index < -0.39 is 0 Å². The second-order valence-corrected chi connectivity index (χ2v) is 6.07. The van der Waals surface area contributed by atoms with Gasteiger partial charge in [0.1, 0.15) is 5.65 Å². The molecule has 0 N–H and O–H groups in total.